The number of anilines is 1. The molecule has 0 bridgehead atoms. The molecule has 2 N–H and O–H groups in total. The normalized spacial score (nSPS) is 10.4. The summed E-state index contributed by atoms with van der Waals surface area (Å²) in [5, 5.41) is 10.7. The highest BCUT2D eigenvalue weighted by Gasteiger charge is 2.12. The molecule has 2 aromatic heterocycles. The van der Waals surface area contributed by atoms with Gasteiger partial charge in [0.2, 0.25) is 0 Å². The summed E-state index contributed by atoms with van der Waals surface area (Å²) in [4.78, 5) is 18.4. The van der Waals surface area contributed by atoms with E-state index in [0.29, 0.717) is 12.2 Å². The van der Waals surface area contributed by atoms with Crippen LogP contribution in [0, 0.1) is 10.1 Å². The van der Waals surface area contributed by atoms with Crippen LogP contribution in [0.4, 0.5) is 11.5 Å². The molecule has 0 atom stereocenters. The highest BCUT2D eigenvalue weighted by atomic mass is 16.6. The van der Waals surface area contributed by atoms with Gasteiger partial charge >= 0.3 is 0 Å². The first-order valence-electron chi connectivity index (χ1n) is 5.06. The van der Waals surface area contributed by atoms with Crippen LogP contribution >= 0.6 is 0 Å². The number of hydrogen-bond acceptors (Lipinski definition) is 5. The van der Waals surface area contributed by atoms with E-state index in [1.807, 2.05) is 6.92 Å². The average Bonchev–Trinajstić information content (AvgIpc) is 2.76. The number of aryl methyl sites for hydroxylation is 1. The van der Waals surface area contributed by atoms with Crippen LogP contribution in [-0.2, 0) is 6.42 Å². The third-order valence-electron chi connectivity index (χ3n) is 2.31. The fourth-order valence-corrected chi connectivity index (χ4v) is 1.56. The van der Waals surface area contributed by atoms with E-state index in [2.05, 4.69) is 9.97 Å². The van der Waals surface area contributed by atoms with Crippen molar-refractivity contribution in [2.45, 2.75) is 13.3 Å². The molecule has 0 aromatic carbocycles. The van der Waals surface area contributed by atoms with Gasteiger partial charge in [0.1, 0.15) is 17.5 Å². The number of nitrogens with two attached hydrogens (primary N) is 1. The van der Waals surface area contributed by atoms with Crippen molar-refractivity contribution in [2.75, 3.05) is 5.73 Å². The molecule has 2 aromatic rings. The second-order valence-electron chi connectivity index (χ2n) is 3.43. The van der Waals surface area contributed by atoms with Crippen LogP contribution in [0.3, 0.4) is 0 Å². The fraction of sp³-hybridized carbons (Fsp3) is 0.200. The van der Waals surface area contributed by atoms with Gasteiger partial charge in [-0.1, -0.05) is 6.92 Å². The van der Waals surface area contributed by atoms with Crippen molar-refractivity contribution in [1.29, 1.82) is 0 Å². The summed E-state index contributed by atoms with van der Waals surface area (Å²) in [6.45, 7) is 1.94. The molecule has 17 heavy (non-hydrogen) atoms. The van der Waals surface area contributed by atoms with Crippen molar-refractivity contribution >= 4 is 11.5 Å². The second kappa shape index (κ2) is 4.20. The first-order chi connectivity index (χ1) is 8.11. The minimum atomic E-state index is -0.496. The topological polar surface area (TPSA) is 99.9 Å². The quantitative estimate of drug-likeness (QED) is 0.636. The zero-order chi connectivity index (χ0) is 12.4. The Morgan fingerprint density at radius 3 is 2.94 bits per heavy atom. The van der Waals surface area contributed by atoms with Gasteiger partial charge in [-0.25, -0.2) is 9.97 Å². The molecular weight excluding hydrogens is 222 g/mol. The number of imidazole rings is 1. The zero-order valence-electron chi connectivity index (χ0n) is 9.20. The maximum Gasteiger partial charge on any atom is 0.276 e. The smallest absolute Gasteiger partial charge is 0.276 e. The Morgan fingerprint density at radius 1 is 1.53 bits per heavy atom. The Labute approximate surface area is 97.1 Å². The van der Waals surface area contributed by atoms with Crippen molar-refractivity contribution in [2.24, 2.45) is 0 Å². The lowest BCUT2D eigenvalue weighted by Crippen LogP contribution is -2.04. The van der Waals surface area contributed by atoms with E-state index in [1.54, 1.807) is 17.0 Å². The molecule has 0 unspecified atom stereocenters. The highest BCUT2D eigenvalue weighted by Crippen LogP contribution is 2.19. The van der Waals surface area contributed by atoms with Crippen molar-refractivity contribution < 1.29 is 4.92 Å². The maximum atomic E-state index is 10.7. The second-order valence-corrected chi connectivity index (χ2v) is 3.43. The molecule has 2 rings (SSSR count). The summed E-state index contributed by atoms with van der Waals surface area (Å²) in [6.07, 6.45) is 4.02. The van der Waals surface area contributed by atoms with E-state index in [1.165, 1.54) is 12.1 Å². The minimum Gasteiger partial charge on any atom is -0.383 e. The lowest BCUT2D eigenvalue weighted by atomic mass is 10.3. The van der Waals surface area contributed by atoms with Crippen molar-refractivity contribution in [3.05, 3.63) is 40.5 Å². The third-order valence-corrected chi connectivity index (χ3v) is 2.31. The molecular formula is C10H11N5O2. The van der Waals surface area contributed by atoms with E-state index < -0.39 is 4.92 Å². The summed E-state index contributed by atoms with van der Waals surface area (Å²) in [5.74, 6) is 1.30. The molecule has 0 aliphatic carbocycles. The summed E-state index contributed by atoms with van der Waals surface area (Å²) in [5.41, 5.74) is 5.47. The van der Waals surface area contributed by atoms with Crippen LogP contribution in [-0.4, -0.2) is 19.5 Å². The lowest BCUT2D eigenvalue weighted by molar-refractivity contribution is -0.384. The van der Waals surface area contributed by atoms with E-state index in [4.69, 9.17) is 5.73 Å². The number of pyridine rings is 1. The van der Waals surface area contributed by atoms with Gasteiger partial charge in [-0.05, 0) is 0 Å². The molecule has 0 aliphatic heterocycles. The third kappa shape index (κ3) is 2.07. The van der Waals surface area contributed by atoms with Gasteiger partial charge < -0.3 is 5.73 Å². The number of nitro groups is 1. The number of nitrogen functional groups attached to an aromatic ring is 1. The van der Waals surface area contributed by atoms with Crippen LogP contribution in [0.25, 0.3) is 5.82 Å². The van der Waals surface area contributed by atoms with E-state index in [-0.39, 0.29) is 11.5 Å². The molecule has 0 saturated carbocycles. The molecule has 88 valence electrons. The molecule has 2 heterocycles. The Kier molecular flexibility index (Phi) is 2.73. The van der Waals surface area contributed by atoms with Crippen LogP contribution in [0.2, 0.25) is 0 Å². The summed E-state index contributed by atoms with van der Waals surface area (Å²) >= 11 is 0. The SMILES string of the molecule is CCc1nccn1-c1cc([N+](=O)[O-])cc(N)n1. The Hall–Kier alpha value is -2.44. The molecule has 0 amide bonds. The van der Waals surface area contributed by atoms with Gasteiger partial charge in [-0.2, -0.15) is 0 Å². The monoisotopic (exact) mass is 233 g/mol. The number of nitrogens with zero attached hydrogens (tertiary/aromatic N) is 4. The first kappa shape index (κ1) is 11.1. The zero-order valence-corrected chi connectivity index (χ0v) is 9.20. The number of hydrogen-bond donors (Lipinski definition) is 1. The van der Waals surface area contributed by atoms with Crippen LogP contribution in [0.1, 0.15) is 12.7 Å². The predicted octanol–water partition coefficient (Wildman–Crippen LogP) is 1.32. The molecule has 0 radical (unpaired) electrons. The van der Waals surface area contributed by atoms with Crippen molar-refractivity contribution in [3.63, 3.8) is 0 Å². The van der Waals surface area contributed by atoms with Crippen molar-refractivity contribution in [3.8, 4) is 5.82 Å². The van der Waals surface area contributed by atoms with Gasteiger partial charge in [0.25, 0.3) is 5.69 Å². The van der Waals surface area contributed by atoms with E-state index in [9.17, 15) is 10.1 Å². The highest BCUT2D eigenvalue weighted by molar-refractivity contribution is 5.48. The first-order valence-corrected chi connectivity index (χ1v) is 5.06. The Morgan fingerprint density at radius 2 is 2.29 bits per heavy atom. The van der Waals surface area contributed by atoms with Crippen LogP contribution < -0.4 is 5.73 Å². The van der Waals surface area contributed by atoms with Gasteiger partial charge in [-0.15, -0.1) is 0 Å². The van der Waals surface area contributed by atoms with Gasteiger partial charge in [0.05, 0.1) is 17.1 Å². The van der Waals surface area contributed by atoms with Gasteiger partial charge in [0, 0.05) is 18.8 Å². The molecule has 0 saturated heterocycles. The van der Waals surface area contributed by atoms with E-state index >= 15 is 0 Å². The summed E-state index contributed by atoms with van der Waals surface area (Å²) < 4.78 is 1.68. The average molecular weight is 233 g/mol. The molecule has 0 fully saturated rings. The van der Waals surface area contributed by atoms with Gasteiger partial charge in [0.15, 0.2) is 0 Å². The Bertz CT molecular complexity index is 564. The summed E-state index contributed by atoms with van der Waals surface area (Å²) in [6, 6.07) is 2.60. The molecule has 7 heteroatoms. The Balaban J connectivity index is 2.56. The fourth-order valence-electron chi connectivity index (χ4n) is 1.56. The standard InChI is InChI=1S/C10H11N5O2/c1-2-9-12-3-4-14(9)10-6-7(15(16)17)5-8(11)13-10/h3-6H,2H2,1H3,(H2,11,13). The van der Waals surface area contributed by atoms with Crippen LogP contribution in [0.15, 0.2) is 24.5 Å². The van der Waals surface area contributed by atoms with Gasteiger partial charge in [-0.3, -0.25) is 14.7 Å². The number of aromatic nitrogens is 3. The predicted molar refractivity (Wildman–Crippen MR) is 61.8 cm³/mol. The molecule has 7 nitrogen and oxygen atoms in total. The summed E-state index contributed by atoms with van der Waals surface area (Å²) in [7, 11) is 0. The molecule has 0 aliphatic rings. The lowest BCUT2D eigenvalue weighted by Gasteiger charge is -2.06. The maximum absolute atomic E-state index is 10.7. The van der Waals surface area contributed by atoms with E-state index in [0.717, 1.165) is 5.82 Å². The van der Waals surface area contributed by atoms with Crippen molar-refractivity contribution in [1.82, 2.24) is 14.5 Å². The number of rotatable bonds is 3. The largest absolute Gasteiger partial charge is 0.383 e. The molecule has 0 spiro atoms. The minimum absolute atomic E-state index is 0.0803. The van der Waals surface area contributed by atoms with Crippen LogP contribution in [0.5, 0.6) is 0 Å².